The molecule has 20 heavy (non-hydrogen) atoms. The van der Waals surface area contributed by atoms with Gasteiger partial charge in [-0.05, 0) is 37.5 Å². The highest BCUT2D eigenvalue weighted by molar-refractivity contribution is 6.33. The monoisotopic (exact) mass is 287 g/mol. The Bertz CT molecular complexity index is 595. The number of nitrogens with one attached hydrogen (secondary N) is 1. The second-order valence-corrected chi connectivity index (χ2v) is 5.24. The van der Waals surface area contributed by atoms with Gasteiger partial charge in [-0.25, -0.2) is 0 Å². The average Bonchev–Trinajstić information content (AvgIpc) is 2.44. The molecule has 2 aromatic carbocycles. The van der Waals surface area contributed by atoms with Gasteiger partial charge in [0, 0.05) is 6.54 Å². The van der Waals surface area contributed by atoms with Gasteiger partial charge in [0.05, 0.1) is 10.6 Å². The fourth-order valence-corrected chi connectivity index (χ4v) is 2.32. The molecule has 0 aliphatic carbocycles. The molecule has 104 valence electrons. The van der Waals surface area contributed by atoms with Crippen LogP contribution in [0.4, 0.5) is 0 Å². The van der Waals surface area contributed by atoms with Crippen molar-refractivity contribution in [1.29, 1.82) is 0 Å². The fraction of sp³-hybridized carbons (Fsp3) is 0.235. The van der Waals surface area contributed by atoms with Crippen LogP contribution in [-0.2, 0) is 6.42 Å². The van der Waals surface area contributed by atoms with Gasteiger partial charge in [0.2, 0.25) is 0 Å². The van der Waals surface area contributed by atoms with E-state index < -0.39 is 0 Å². The van der Waals surface area contributed by atoms with Crippen molar-refractivity contribution in [3.63, 3.8) is 0 Å². The standard InChI is InChI=1S/C17H18ClNO/c1-13-6-4-7-14(12-13)8-5-11-19-17(20)15-9-2-3-10-16(15)18/h2-4,6-7,9-10,12H,5,8,11H2,1H3,(H,19,20). The molecule has 0 saturated heterocycles. The SMILES string of the molecule is Cc1cccc(CCCNC(=O)c2ccccc2Cl)c1. The second kappa shape index (κ2) is 7.11. The van der Waals surface area contributed by atoms with Crippen LogP contribution in [0.2, 0.25) is 5.02 Å². The van der Waals surface area contributed by atoms with E-state index in [1.807, 2.05) is 12.1 Å². The van der Waals surface area contributed by atoms with Crippen molar-refractivity contribution in [1.82, 2.24) is 5.32 Å². The molecule has 2 aromatic rings. The van der Waals surface area contributed by atoms with Crippen LogP contribution in [0.25, 0.3) is 0 Å². The van der Waals surface area contributed by atoms with Gasteiger partial charge in [-0.1, -0.05) is 53.6 Å². The molecule has 0 heterocycles. The normalized spacial score (nSPS) is 10.3. The van der Waals surface area contributed by atoms with Gasteiger partial charge in [0.1, 0.15) is 0 Å². The largest absolute Gasteiger partial charge is 0.352 e. The fourth-order valence-electron chi connectivity index (χ4n) is 2.10. The van der Waals surface area contributed by atoms with Crippen molar-refractivity contribution >= 4 is 17.5 Å². The molecular formula is C17H18ClNO. The van der Waals surface area contributed by atoms with E-state index in [1.165, 1.54) is 11.1 Å². The molecule has 0 unspecified atom stereocenters. The smallest absolute Gasteiger partial charge is 0.252 e. The van der Waals surface area contributed by atoms with E-state index in [9.17, 15) is 4.79 Å². The number of carbonyl (C=O) groups is 1. The number of halogens is 1. The lowest BCUT2D eigenvalue weighted by atomic mass is 10.1. The van der Waals surface area contributed by atoms with Crippen LogP contribution in [0.5, 0.6) is 0 Å². The van der Waals surface area contributed by atoms with Gasteiger partial charge < -0.3 is 5.32 Å². The third-order valence-electron chi connectivity index (χ3n) is 3.13. The highest BCUT2D eigenvalue weighted by Gasteiger charge is 2.08. The number of aryl methyl sites for hydroxylation is 2. The first-order chi connectivity index (χ1) is 9.66. The summed E-state index contributed by atoms with van der Waals surface area (Å²) in [5.41, 5.74) is 3.10. The number of benzene rings is 2. The lowest BCUT2D eigenvalue weighted by molar-refractivity contribution is 0.0953. The van der Waals surface area contributed by atoms with Crippen LogP contribution in [-0.4, -0.2) is 12.5 Å². The van der Waals surface area contributed by atoms with E-state index in [0.29, 0.717) is 17.1 Å². The predicted molar refractivity (Wildman–Crippen MR) is 83.3 cm³/mol. The Hall–Kier alpha value is -1.80. The van der Waals surface area contributed by atoms with E-state index in [2.05, 4.69) is 36.5 Å². The van der Waals surface area contributed by atoms with E-state index in [4.69, 9.17) is 11.6 Å². The number of carbonyl (C=O) groups excluding carboxylic acids is 1. The molecule has 0 spiro atoms. The summed E-state index contributed by atoms with van der Waals surface area (Å²) in [5, 5.41) is 3.39. The van der Waals surface area contributed by atoms with Crippen LogP contribution in [0.1, 0.15) is 27.9 Å². The maximum atomic E-state index is 11.9. The minimum atomic E-state index is -0.111. The van der Waals surface area contributed by atoms with E-state index in [1.54, 1.807) is 12.1 Å². The maximum absolute atomic E-state index is 11.9. The summed E-state index contributed by atoms with van der Waals surface area (Å²) in [7, 11) is 0. The number of rotatable bonds is 5. The first-order valence-electron chi connectivity index (χ1n) is 6.75. The van der Waals surface area contributed by atoms with Crippen LogP contribution in [0.3, 0.4) is 0 Å². The Balaban J connectivity index is 1.79. The van der Waals surface area contributed by atoms with Gasteiger partial charge in [-0.15, -0.1) is 0 Å². The molecule has 2 nitrogen and oxygen atoms in total. The van der Waals surface area contributed by atoms with Gasteiger partial charge in [0.25, 0.3) is 5.91 Å². The Labute approximate surface area is 124 Å². The van der Waals surface area contributed by atoms with Gasteiger partial charge in [0.15, 0.2) is 0 Å². The molecule has 0 atom stereocenters. The average molecular weight is 288 g/mol. The minimum absolute atomic E-state index is 0.111. The summed E-state index contributed by atoms with van der Waals surface area (Å²) in [6.07, 6.45) is 1.88. The van der Waals surface area contributed by atoms with Crippen molar-refractivity contribution in [3.8, 4) is 0 Å². The Morgan fingerprint density at radius 3 is 2.70 bits per heavy atom. The quantitative estimate of drug-likeness (QED) is 0.827. The topological polar surface area (TPSA) is 29.1 Å². The molecule has 0 aliphatic rings. The molecule has 3 heteroatoms. The zero-order valence-corrected chi connectivity index (χ0v) is 12.3. The number of hydrogen-bond donors (Lipinski definition) is 1. The summed E-state index contributed by atoms with van der Waals surface area (Å²) in [5.74, 6) is -0.111. The third-order valence-corrected chi connectivity index (χ3v) is 3.46. The summed E-state index contributed by atoms with van der Waals surface area (Å²) >= 11 is 5.98. The first-order valence-corrected chi connectivity index (χ1v) is 7.13. The molecule has 0 fully saturated rings. The molecule has 0 radical (unpaired) electrons. The van der Waals surface area contributed by atoms with Crippen LogP contribution >= 0.6 is 11.6 Å². The number of hydrogen-bond acceptors (Lipinski definition) is 1. The summed E-state index contributed by atoms with van der Waals surface area (Å²) < 4.78 is 0. The Kier molecular flexibility index (Phi) is 5.19. The van der Waals surface area contributed by atoms with Gasteiger partial charge in [-0.2, -0.15) is 0 Å². The highest BCUT2D eigenvalue weighted by Crippen LogP contribution is 2.14. The third kappa shape index (κ3) is 4.10. The Morgan fingerprint density at radius 1 is 1.15 bits per heavy atom. The minimum Gasteiger partial charge on any atom is -0.352 e. The molecule has 2 rings (SSSR count). The zero-order valence-electron chi connectivity index (χ0n) is 11.5. The molecule has 0 aromatic heterocycles. The zero-order chi connectivity index (χ0) is 14.4. The van der Waals surface area contributed by atoms with Gasteiger partial charge >= 0.3 is 0 Å². The van der Waals surface area contributed by atoms with Crippen LogP contribution < -0.4 is 5.32 Å². The maximum Gasteiger partial charge on any atom is 0.252 e. The lowest BCUT2D eigenvalue weighted by Crippen LogP contribution is -2.25. The summed E-state index contributed by atoms with van der Waals surface area (Å²) in [6, 6.07) is 15.5. The molecule has 0 aliphatic heterocycles. The Morgan fingerprint density at radius 2 is 1.95 bits per heavy atom. The molecule has 1 N–H and O–H groups in total. The van der Waals surface area contributed by atoms with E-state index in [0.717, 1.165) is 12.8 Å². The van der Waals surface area contributed by atoms with Crippen LogP contribution in [0.15, 0.2) is 48.5 Å². The predicted octanol–water partition coefficient (Wildman–Crippen LogP) is 4.01. The first kappa shape index (κ1) is 14.6. The number of amides is 1. The lowest BCUT2D eigenvalue weighted by Gasteiger charge is -2.07. The van der Waals surface area contributed by atoms with Gasteiger partial charge in [-0.3, -0.25) is 4.79 Å². The van der Waals surface area contributed by atoms with Crippen molar-refractivity contribution in [2.75, 3.05) is 6.54 Å². The summed E-state index contributed by atoms with van der Waals surface area (Å²) in [4.78, 5) is 11.9. The molecule has 1 amide bonds. The van der Waals surface area contributed by atoms with Crippen molar-refractivity contribution in [2.45, 2.75) is 19.8 Å². The van der Waals surface area contributed by atoms with Crippen LogP contribution in [0, 0.1) is 6.92 Å². The highest BCUT2D eigenvalue weighted by atomic mass is 35.5. The van der Waals surface area contributed by atoms with E-state index in [-0.39, 0.29) is 5.91 Å². The molecular weight excluding hydrogens is 270 g/mol. The van der Waals surface area contributed by atoms with Crippen molar-refractivity contribution in [2.24, 2.45) is 0 Å². The summed E-state index contributed by atoms with van der Waals surface area (Å²) in [6.45, 7) is 2.74. The van der Waals surface area contributed by atoms with E-state index >= 15 is 0 Å². The van der Waals surface area contributed by atoms with Crippen molar-refractivity contribution < 1.29 is 4.79 Å². The van der Waals surface area contributed by atoms with Crippen molar-refractivity contribution in [3.05, 3.63) is 70.2 Å². The molecule has 0 bridgehead atoms. The second-order valence-electron chi connectivity index (χ2n) is 4.83. The molecule has 0 saturated carbocycles.